The lowest BCUT2D eigenvalue weighted by atomic mass is 9.99. The molecular weight excluding hydrogens is 424 g/mol. The smallest absolute Gasteiger partial charge is 0.259 e. The average molecular weight is 461 g/mol. The summed E-state index contributed by atoms with van der Waals surface area (Å²) in [6.45, 7) is 7.63. The molecule has 0 radical (unpaired) electrons. The molecular formula is C24H36N4O5. The molecule has 0 saturated heterocycles. The SMILES string of the molecule is C[C@H]1CN([C@@H](C)CO)C(=O)c2cc(C#CC(C)(C)O)cnc2O[C@H]1CN(C)C(=O)CN(C)C. The van der Waals surface area contributed by atoms with Gasteiger partial charge in [0.2, 0.25) is 11.8 Å². The minimum Gasteiger partial charge on any atom is -0.472 e. The molecule has 3 atom stereocenters. The predicted octanol–water partition coefficient (Wildman–Crippen LogP) is 0.444. The van der Waals surface area contributed by atoms with E-state index < -0.39 is 17.7 Å². The molecule has 2 rings (SSSR count). The van der Waals surface area contributed by atoms with E-state index in [2.05, 4.69) is 16.8 Å². The average Bonchev–Trinajstić information content (AvgIpc) is 2.73. The highest BCUT2D eigenvalue weighted by molar-refractivity contribution is 5.97. The van der Waals surface area contributed by atoms with Crippen LogP contribution in [0.4, 0.5) is 0 Å². The van der Waals surface area contributed by atoms with Gasteiger partial charge in [-0.25, -0.2) is 4.98 Å². The Hall–Kier alpha value is -2.67. The summed E-state index contributed by atoms with van der Waals surface area (Å²) in [4.78, 5) is 35.2. The van der Waals surface area contributed by atoms with E-state index in [0.29, 0.717) is 18.7 Å². The second-order valence-corrected chi connectivity index (χ2v) is 9.52. The molecule has 1 aliphatic rings. The lowest BCUT2D eigenvalue weighted by molar-refractivity contribution is -0.132. The van der Waals surface area contributed by atoms with Gasteiger partial charge >= 0.3 is 0 Å². The van der Waals surface area contributed by atoms with E-state index in [0.717, 1.165) is 0 Å². The lowest BCUT2D eigenvalue weighted by Crippen LogP contribution is -2.51. The third-order valence-electron chi connectivity index (χ3n) is 5.36. The predicted molar refractivity (Wildman–Crippen MR) is 125 cm³/mol. The fourth-order valence-electron chi connectivity index (χ4n) is 3.38. The number of ether oxygens (including phenoxy) is 1. The Balaban J connectivity index is 2.44. The minimum atomic E-state index is -1.19. The Labute approximate surface area is 196 Å². The summed E-state index contributed by atoms with van der Waals surface area (Å²) in [6.07, 6.45) is 1.08. The van der Waals surface area contributed by atoms with Gasteiger partial charge in [0.05, 0.1) is 25.7 Å². The number of pyridine rings is 1. The van der Waals surface area contributed by atoms with Gasteiger partial charge in [0, 0.05) is 31.3 Å². The van der Waals surface area contributed by atoms with Crippen LogP contribution in [0.1, 0.15) is 43.6 Å². The van der Waals surface area contributed by atoms with Crippen LogP contribution < -0.4 is 4.74 Å². The molecule has 1 aromatic heterocycles. The van der Waals surface area contributed by atoms with E-state index in [-0.39, 0.29) is 42.3 Å². The van der Waals surface area contributed by atoms with Crippen molar-refractivity contribution in [1.29, 1.82) is 0 Å². The van der Waals surface area contributed by atoms with Crippen LogP contribution in [0.5, 0.6) is 5.88 Å². The molecule has 33 heavy (non-hydrogen) atoms. The van der Waals surface area contributed by atoms with Crippen LogP contribution in [0.3, 0.4) is 0 Å². The van der Waals surface area contributed by atoms with E-state index in [1.807, 2.05) is 21.0 Å². The first kappa shape index (κ1) is 26.6. The van der Waals surface area contributed by atoms with Crippen molar-refractivity contribution in [3.63, 3.8) is 0 Å². The number of rotatable bonds is 6. The number of hydrogen-bond acceptors (Lipinski definition) is 7. The quantitative estimate of drug-likeness (QED) is 0.594. The van der Waals surface area contributed by atoms with E-state index >= 15 is 0 Å². The number of likely N-dealkylation sites (N-methyl/N-ethyl adjacent to an activating group) is 2. The zero-order valence-electron chi connectivity index (χ0n) is 20.6. The van der Waals surface area contributed by atoms with Gasteiger partial charge in [-0.15, -0.1) is 0 Å². The minimum absolute atomic E-state index is 0.0417. The van der Waals surface area contributed by atoms with E-state index in [1.165, 1.54) is 6.20 Å². The highest BCUT2D eigenvalue weighted by Crippen LogP contribution is 2.27. The third kappa shape index (κ3) is 7.42. The molecule has 2 heterocycles. The van der Waals surface area contributed by atoms with Gasteiger partial charge in [0.1, 0.15) is 17.3 Å². The maximum Gasteiger partial charge on any atom is 0.259 e. The van der Waals surface area contributed by atoms with Crippen LogP contribution in [0.2, 0.25) is 0 Å². The molecule has 0 unspecified atom stereocenters. The van der Waals surface area contributed by atoms with E-state index in [9.17, 15) is 19.8 Å². The topological polar surface area (TPSA) is 106 Å². The largest absolute Gasteiger partial charge is 0.472 e. The van der Waals surface area contributed by atoms with Gasteiger partial charge in [-0.2, -0.15) is 0 Å². The van der Waals surface area contributed by atoms with Crippen molar-refractivity contribution in [3.05, 3.63) is 23.4 Å². The van der Waals surface area contributed by atoms with Crippen LogP contribution in [0.15, 0.2) is 12.3 Å². The summed E-state index contributed by atoms with van der Waals surface area (Å²) >= 11 is 0. The number of amides is 2. The standard InChI is InChI=1S/C24H36N4O5/c1-16-12-28(17(2)15-29)23(31)19-10-18(8-9-24(3,4)32)11-25-22(19)33-20(16)13-27(7)21(30)14-26(5)6/h10-11,16-17,20,29,32H,12-15H2,1-7H3/t16-,17-,20-/m0/s1. The molecule has 2 amide bonds. The second-order valence-electron chi connectivity index (χ2n) is 9.52. The van der Waals surface area contributed by atoms with Crippen molar-refractivity contribution >= 4 is 11.8 Å². The highest BCUT2D eigenvalue weighted by Gasteiger charge is 2.34. The van der Waals surface area contributed by atoms with Gasteiger partial charge in [0.15, 0.2) is 0 Å². The molecule has 0 saturated carbocycles. The Morgan fingerprint density at radius 1 is 1.39 bits per heavy atom. The molecule has 182 valence electrons. The number of hydrogen-bond donors (Lipinski definition) is 2. The van der Waals surface area contributed by atoms with Gasteiger partial charge in [-0.3, -0.25) is 9.59 Å². The van der Waals surface area contributed by atoms with Crippen molar-refractivity contribution in [2.45, 2.75) is 45.4 Å². The number of carbonyl (C=O) groups is 2. The van der Waals surface area contributed by atoms with E-state index in [4.69, 9.17) is 4.74 Å². The maximum absolute atomic E-state index is 13.4. The summed E-state index contributed by atoms with van der Waals surface area (Å²) < 4.78 is 6.18. The Morgan fingerprint density at radius 3 is 2.64 bits per heavy atom. The second kappa shape index (κ2) is 11.0. The summed E-state index contributed by atoms with van der Waals surface area (Å²) in [5, 5.41) is 19.6. The molecule has 1 aliphatic heterocycles. The Morgan fingerprint density at radius 2 is 2.06 bits per heavy atom. The van der Waals surface area contributed by atoms with Crippen molar-refractivity contribution < 1.29 is 24.5 Å². The Kier molecular flexibility index (Phi) is 8.83. The molecule has 0 bridgehead atoms. The Bertz CT molecular complexity index is 916. The molecule has 0 aromatic carbocycles. The number of fused-ring (bicyclic) bond motifs is 1. The fourth-order valence-corrected chi connectivity index (χ4v) is 3.38. The van der Waals surface area contributed by atoms with Crippen LogP contribution in [0.25, 0.3) is 0 Å². The lowest BCUT2D eigenvalue weighted by Gasteiger charge is -2.37. The first-order chi connectivity index (χ1) is 15.3. The van der Waals surface area contributed by atoms with Crippen molar-refractivity contribution in [1.82, 2.24) is 19.7 Å². The van der Waals surface area contributed by atoms with Gasteiger partial charge < -0.3 is 29.6 Å². The number of aliphatic hydroxyl groups excluding tert-OH is 1. The zero-order chi connectivity index (χ0) is 24.9. The van der Waals surface area contributed by atoms with Crippen molar-refractivity contribution in [2.75, 3.05) is 47.4 Å². The summed E-state index contributed by atoms with van der Waals surface area (Å²) in [6, 6.07) is 1.18. The fraction of sp³-hybridized carbons (Fsp3) is 0.625. The number of aliphatic hydroxyl groups is 2. The van der Waals surface area contributed by atoms with Gasteiger partial charge in [-0.05, 0) is 40.9 Å². The molecule has 0 aliphatic carbocycles. The third-order valence-corrected chi connectivity index (χ3v) is 5.36. The highest BCUT2D eigenvalue weighted by atomic mass is 16.5. The summed E-state index contributed by atoms with van der Waals surface area (Å²) in [7, 11) is 5.39. The van der Waals surface area contributed by atoms with Crippen molar-refractivity contribution in [2.24, 2.45) is 5.92 Å². The zero-order valence-corrected chi connectivity index (χ0v) is 20.6. The van der Waals surface area contributed by atoms with Crippen LogP contribution in [0, 0.1) is 17.8 Å². The monoisotopic (exact) mass is 460 g/mol. The first-order valence-corrected chi connectivity index (χ1v) is 11.0. The summed E-state index contributed by atoms with van der Waals surface area (Å²) in [5.74, 6) is 5.24. The normalized spacial score (nSPS) is 19.6. The molecule has 2 N–H and O–H groups in total. The van der Waals surface area contributed by atoms with E-state index in [1.54, 1.807) is 48.6 Å². The molecule has 1 aromatic rings. The van der Waals surface area contributed by atoms with Gasteiger partial charge in [-0.1, -0.05) is 18.8 Å². The molecule has 0 spiro atoms. The number of aromatic nitrogens is 1. The molecule has 9 heteroatoms. The first-order valence-electron chi connectivity index (χ1n) is 11.0. The maximum atomic E-state index is 13.4. The molecule has 0 fully saturated rings. The summed E-state index contributed by atoms with van der Waals surface area (Å²) in [5.41, 5.74) is -0.489. The molecule has 9 nitrogen and oxygen atoms in total. The number of nitrogens with zero attached hydrogens (tertiary/aromatic N) is 4. The van der Waals surface area contributed by atoms with Gasteiger partial charge in [0.25, 0.3) is 5.91 Å². The van der Waals surface area contributed by atoms with Crippen LogP contribution in [-0.4, -0.2) is 107 Å². The van der Waals surface area contributed by atoms with Crippen molar-refractivity contribution in [3.8, 4) is 17.7 Å². The van der Waals surface area contributed by atoms with Crippen LogP contribution >= 0.6 is 0 Å². The number of carbonyl (C=O) groups excluding carboxylic acids is 2. The van der Waals surface area contributed by atoms with Crippen LogP contribution in [-0.2, 0) is 4.79 Å².